The van der Waals surface area contributed by atoms with Gasteiger partial charge in [-0.1, -0.05) is 122 Å². The van der Waals surface area contributed by atoms with Crippen LogP contribution in [-0.4, -0.2) is 21.3 Å². The Labute approximate surface area is 191 Å². The second-order valence-electron chi connectivity index (χ2n) is 8.71. The number of hydrogen-bond donors (Lipinski definition) is 3. The maximum absolute atomic E-state index is 9.78. The van der Waals surface area contributed by atoms with Crippen molar-refractivity contribution in [3.8, 4) is 11.5 Å². The molecule has 0 aliphatic carbocycles. The molecule has 31 heavy (non-hydrogen) atoms. The van der Waals surface area contributed by atoms with E-state index in [9.17, 15) is 10.2 Å². The summed E-state index contributed by atoms with van der Waals surface area (Å²) in [7, 11) is 0. The van der Waals surface area contributed by atoms with Crippen LogP contribution in [0, 0.1) is 0 Å². The third-order valence-electron chi connectivity index (χ3n) is 5.65. The van der Waals surface area contributed by atoms with Crippen LogP contribution in [0.3, 0.4) is 0 Å². The third-order valence-corrected chi connectivity index (χ3v) is 5.65. The Morgan fingerprint density at radius 1 is 0.677 bits per heavy atom. The van der Waals surface area contributed by atoms with Crippen LogP contribution in [-0.2, 0) is 11.2 Å². The molecule has 0 aliphatic rings. The molecule has 0 spiro atoms. The molecular formula is C27H48O4. The van der Waals surface area contributed by atoms with E-state index < -0.39 is 5.97 Å². The molecule has 0 saturated carbocycles. The maximum Gasteiger partial charge on any atom is 0.300 e. The smallest absolute Gasteiger partial charge is 0.300 e. The van der Waals surface area contributed by atoms with Gasteiger partial charge in [-0.05, 0) is 24.5 Å². The van der Waals surface area contributed by atoms with E-state index in [2.05, 4.69) is 6.92 Å². The van der Waals surface area contributed by atoms with Crippen LogP contribution in [0.15, 0.2) is 18.2 Å². The molecule has 1 rings (SSSR count). The van der Waals surface area contributed by atoms with E-state index in [-0.39, 0.29) is 11.5 Å². The van der Waals surface area contributed by atoms with Crippen LogP contribution >= 0.6 is 0 Å². The zero-order chi connectivity index (χ0) is 23.2. The zero-order valence-corrected chi connectivity index (χ0v) is 20.2. The first-order valence-electron chi connectivity index (χ1n) is 12.7. The Balaban J connectivity index is 0.00000206. The predicted molar refractivity (Wildman–Crippen MR) is 131 cm³/mol. The SMILES string of the molecule is CC(=O)O.CCCCCCCCCCCCCCCCCCCc1cccc(O)c1O. The topological polar surface area (TPSA) is 77.8 Å². The number of aliphatic carboxylic acids is 1. The molecule has 0 saturated heterocycles. The molecule has 180 valence electrons. The van der Waals surface area contributed by atoms with Gasteiger partial charge >= 0.3 is 0 Å². The quantitative estimate of drug-likeness (QED) is 0.159. The molecule has 4 heteroatoms. The second-order valence-corrected chi connectivity index (χ2v) is 8.71. The average Bonchev–Trinajstić information content (AvgIpc) is 2.73. The van der Waals surface area contributed by atoms with Gasteiger partial charge in [-0.3, -0.25) is 4.79 Å². The highest BCUT2D eigenvalue weighted by atomic mass is 16.4. The molecule has 0 bridgehead atoms. The minimum atomic E-state index is -0.833. The molecule has 0 fully saturated rings. The standard InChI is InChI=1S/C25H44O2.C2H4O2/c1-2-3-4-5-6-7-8-9-10-11-12-13-14-15-16-17-18-20-23-21-19-22-24(26)25(23)27;1-2(3)4/h19,21-22,26-27H,2-18,20H2,1H3;1H3,(H,3,4). The fourth-order valence-electron chi connectivity index (χ4n) is 3.82. The molecule has 0 atom stereocenters. The van der Waals surface area contributed by atoms with Crippen molar-refractivity contribution in [2.45, 2.75) is 129 Å². The van der Waals surface area contributed by atoms with Crippen LogP contribution in [0.4, 0.5) is 0 Å². The van der Waals surface area contributed by atoms with Gasteiger partial charge < -0.3 is 15.3 Å². The van der Waals surface area contributed by atoms with Crippen LogP contribution in [0.5, 0.6) is 11.5 Å². The largest absolute Gasteiger partial charge is 0.504 e. The molecule has 0 heterocycles. The van der Waals surface area contributed by atoms with E-state index in [4.69, 9.17) is 9.90 Å². The highest BCUT2D eigenvalue weighted by Gasteiger charge is 2.04. The Morgan fingerprint density at radius 3 is 1.42 bits per heavy atom. The van der Waals surface area contributed by atoms with Gasteiger partial charge in [0.15, 0.2) is 11.5 Å². The summed E-state index contributed by atoms with van der Waals surface area (Å²) in [6.45, 7) is 3.37. The predicted octanol–water partition coefficient (Wildman–Crippen LogP) is 8.38. The summed E-state index contributed by atoms with van der Waals surface area (Å²) in [5.74, 6) is -0.770. The first-order valence-corrected chi connectivity index (χ1v) is 12.7. The molecule has 0 aromatic heterocycles. The van der Waals surface area contributed by atoms with Gasteiger partial charge in [-0.25, -0.2) is 0 Å². The summed E-state index contributed by atoms with van der Waals surface area (Å²) in [6.07, 6.45) is 24.3. The van der Waals surface area contributed by atoms with Crippen molar-refractivity contribution in [3.63, 3.8) is 0 Å². The molecule has 0 unspecified atom stereocenters. The van der Waals surface area contributed by atoms with Crippen molar-refractivity contribution in [2.75, 3.05) is 0 Å². The molecule has 0 aliphatic heterocycles. The van der Waals surface area contributed by atoms with Gasteiger partial charge in [0.25, 0.3) is 5.97 Å². The number of phenols is 2. The second kappa shape index (κ2) is 21.5. The van der Waals surface area contributed by atoms with Crippen LogP contribution in [0.25, 0.3) is 0 Å². The van der Waals surface area contributed by atoms with Crippen molar-refractivity contribution in [3.05, 3.63) is 23.8 Å². The Hall–Kier alpha value is -1.71. The highest BCUT2D eigenvalue weighted by molar-refractivity contribution is 5.62. The number of carboxylic acids is 1. The molecule has 1 aromatic carbocycles. The highest BCUT2D eigenvalue weighted by Crippen LogP contribution is 2.29. The van der Waals surface area contributed by atoms with Gasteiger partial charge in [0.1, 0.15) is 0 Å². The lowest BCUT2D eigenvalue weighted by atomic mass is 10.0. The summed E-state index contributed by atoms with van der Waals surface area (Å²) in [4.78, 5) is 9.00. The normalized spacial score (nSPS) is 10.5. The fraction of sp³-hybridized carbons (Fsp3) is 0.741. The van der Waals surface area contributed by atoms with Gasteiger partial charge in [-0.15, -0.1) is 0 Å². The average molecular weight is 437 g/mol. The molecular weight excluding hydrogens is 388 g/mol. The number of unbranched alkanes of at least 4 members (excludes halogenated alkanes) is 16. The Morgan fingerprint density at radius 2 is 1.03 bits per heavy atom. The number of benzene rings is 1. The van der Waals surface area contributed by atoms with Crippen molar-refractivity contribution in [2.24, 2.45) is 0 Å². The number of para-hydroxylation sites is 1. The summed E-state index contributed by atoms with van der Waals surface area (Å²) in [5.41, 5.74) is 0.871. The number of aryl methyl sites for hydroxylation is 1. The number of carboxylic acid groups (broad SMARTS) is 1. The number of rotatable bonds is 18. The van der Waals surface area contributed by atoms with Crippen LogP contribution in [0.1, 0.15) is 129 Å². The number of aromatic hydroxyl groups is 2. The maximum atomic E-state index is 9.78. The summed E-state index contributed by atoms with van der Waals surface area (Å²) in [5, 5.41) is 26.7. The van der Waals surface area contributed by atoms with Crippen LogP contribution < -0.4 is 0 Å². The van der Waals surface area contributed by atoms with E-state index in [1.54, 1.807) is 6.07 Å². The van der Waals surface area contributed by atoms with Gasteiger partial charge in [0.05, 0.1) is 0 Å². The van der Waals surface area contributed by atoms with E-state index in [1.165, 1.54) is 109 Å². The summed E-state index contributed by atoms with van der Waals surface area (Å²) >= 11 is 0. The molecule has 3 N–H and O–H groups in total. The minimum Gasteiger partial charge on any atom is -0.504 e. The lowest BCUT2D eigenvalue weighted by Crippen LogP contribution is -1.88. The number of phenolic OH excluding ortho intramolecular Hbond substituents is 2. The van der Waals surface area contributed by atoms with Gasteiger partial charge in [0.2, 0.25) is 0 Å². The van der Waals surface area contributed by atoms with Crippen molar-refractivity contribution >= 4 is 5.97 Å². The lowest BCUT2D eigenvalue weighted by molar-refractivity contribution is -0.134. The lowest BCUT2D eigenvalue weighted by Gasteiger charge is -2.06. The number of carbonyl (C=O) groups is 1. The molecule has 1 aromatic rings. The van der Waals surface area contributed by atoms with Crippen LogP contribution in [0.2, 0.25) is 0 Å². The van der Waals surface area contributed by atoms with E-state index in [0.717, 1.165) is 25.3 Å². The Bertz CT molecular complexity index is 538. The monoisotopic (exact) mass is 436 g/mol. The van der Waals surface area contributed by atoms with E-state index in [1.807, 2.05) is 6.07 Å². The fourth-order valence-corrected chi connectivity index (χ4v) is 3.82. The van der Waals surface area contributed by atoms with Crippen molar-refractivity contribution < 1.29 is 20.1 Å². The molecule has 0 radical (unpaired) electrons. The number of hydrogen-bond acceptors (Lipinski definition) is 3. The van der Waals surface area contributed by atoms with Crippen molar-refractivity contribution in [1.82, 2.24) is 0 Å². The zero-order valence-electron chi connectivity index (χ0n) is 20.2. The summed E-state index contributed by atoms with van der Waals surface area (Å²) in [6, 6.07) is 5.24. The van der Waals surface area contributed by atoms with E-state index >= 15 is 0 Å². The first kappa shape index (κ1) is 29.3. The van der Waals surface area contributed by atoms with Gasteiger partial charge in [0, 0.05) is 6.92 Å². The Kier molecular flexibility index (Phi) is 20.3. The van der Waals surface area contributed by atoms with Crippen molar-refractivity contribution in [1.29, 1.82) is 0 Å². The first-order chi connectivity index (χ1) is 15.0. The van der Waals surface area contributed by atoms with Gasteiger partial charge in [-0.2, -0.15) is 0 Å². The third kappa shape index (κ3) is 20.0. The molecule has 0 amide bonds. The summed E-state index contributed by atoms with van der Waals surface area (Å²) < 4.78 is 0. The van der Waals surface area contributed by atoms with E-state index in [0.29, 0.717) is 0 Å². The molecule has 4 nitrogen and oxygen atoms in total. The minimum absolute atomic E-state index is 0.000487.